The van der Waals surface area contributed by atoms with Crippen LogP contribution in [0.4, 0.5) is 4.39 Å². The minimum absolute atomic E-state index is 0.0630. The lowest BCUT2D eigenvalue weighted by Gasteiger charge is -2.08. The van der Waals surface area contributed by atoms with Gasteiger partial charge < -0.3 is 9.29 Å². The Bertz CT molecular complexity index is 861. The molecule has 1 atom stereocenters. The van der Waals surface area contributed by atoms with Crippen LogP contribution in [0, 0.1) is 5.82 Å². The molecule has 1 aliphatic rings. The number of ether oxygens (including phenoxy) is 1. The molecule has 1 unspecified atom stereocenters. The molecule has 7 heteroatoms. The fourth-order valence-corrected chi connectivity index (χ4v) is 3.36. The van der Waals surface area contributed by atoms with Crippen molar-refractivity contribution < 1.29 is 22.7 Å². The van der Waals surface area contributed by atoms with E-state index in [0.717, 1.165) is 5.56 Å². The van der Waals surface area contributed by atoms with Crippen molar-refractivity contribution in [2.24, 2.45) is 0 Å². The molecule has 2 aromatic carbocycles. The van der Waals surface area contributed by atoms with Gasteiger partial charge in [0.05, 0.1) is 10.0 Å². The van der Waals surface area contributed by atoms with E-state index in [9.17, 15) is 17.9 Å². The van der Waals surface area contributed by atoms with Crippen LogP contribution >= 0.6 is 15.9 Å². The molecular weight excluding hydrogens is 399 g/mol. The second-order valence-electron chi connectivity index (χ2n) is 5.20. The Morgan fingerprint density at radius 2 is 1.83 bits per heavy atom. The maximum atomic E-state index is 13.4. The first-order valence-electron chi connectivity index (χ1n) is 6.96. The SMILES string of the molecule is O=C1OCC(c2ccc(CS(=O)[O-])cc2)=C1c1ccc(F)c(Br)c1. The van der Waals surface area contributed by atoms with Crippen molar-refractivity contribution in [3.63, 3.8) is 0 Å². The third-order valence-corrected chi connectivity index (χ3v) is 4.83. The zero-order chi connectivity index (χ0) is 17.3. The zero-order valence-corrected chi connectivity index (χ0v) is 14.7. The lowest BCUT2D eigenvalue weighted by molar-refractivity contribution is -0.133. The molecule has 4 nitrogen and oxygen atoms in total. The Labute approximate surface area is 148 Å². The summed E-state index contributed by atoms with van der Waals surface area (Å²) in [6, 6.07) is 11.2. The van der Waals surface area contributed by atoms with Gasteiger partial charge in [-0.3, -0.25) is 4.21 Å². The van der Waals surface area contributed by atoms with E-state index >= 15 is 0 Å². The van der Waals surface area contributed by atoms with Gasteiger partial charge in [-0.05, 0) is 44.8 Å². The Hall–Kier alpha value is -1.83. The van der Waals surface area contributed by atoms with Gasteiger partial charge in [-0.25, -0.2) is 9.18 Å². The van der Waals surface area contributed by atoms with Gasteiger partial charge in [0.1, 0.15) is 12.4 Å². The topological polar surface area (TPSA) is 66.4 Å². The number of esters is 1. The molecule has 0 aliphatic carbocycles. The molecule has 124 valence electrons. The van der Waals surface area contributed by atoms with E-state index in [2.05, 4.69) is 15.9 Å². The minimum atomic E-state index is -2.15. The van der Waals surface area contributed by atoms with Crippen molar-refractivity contribution in [2.45, 2.75) is 5.75 Å². The average Bonchev–Trinajstić information content (AvgIpc) is 2.92. The quantitative estimate of drug-likeness (QED) is 0.572. The van der Waals surface area contributed by atoms with E-state index in [1.807, 2.05) is 0 Å². The van der Waals surface area contributed by atoms with Gasteiger partial charge in [-0.15, -0.1) is 0 Å². The van der Waals surface area contributed by atoms with E-state index in [4.69, 9.17) is 4.74 Å². The highest BCUT2D eigenvalue weighted by Crippen LogP contribution is 2.34. The summed E-state index contributed by atoms with van der Waals surface area (Å²) in [6.07, 6.45) is 0. The third kappa shape index (κ3) is 3.48. The molecule has 0 spiro atoms. The summed E-state index contributed by atoms with van der Waals surface area (Å²) in [4.78, 5) is 12.1. The highest BCUT2D eigenvalue weighted by Gasteiger charge is 2.27. The molecule has 24 heavy (non-hydrogen) atoms. The lowest BCUT2D eigenvalue weighted by Crippen LogP contribution is -1.99. The lowest BCUT2D eigenvalue weighted by atomic mass is 9.96. The summed E-state index contributed by atoms with van der Waals surface area (Å²) >= 11 is 0.960. The highest BCUT2D eigenvalue weighted by molar-refractivity contribution is 9.10. The van der Waals surface area contributed by atoms with E-state index < -0.39 is 22.9 Å². The number of hydrogen-bond donors (Lipinski definition) is 0. The molecule has 0 fully saturated rings. The summed E-state index contributed by atoms with van der Waals surface area (Å²) in [7, 11) is 0. The van der Waals surface area contributed by atoms with Gasteiger partial charge in [0, 0.05) is 11.3 Å². The summed E-state index contributed by atoms with van der Waals surface area (Å²) in [5.41, 5.74) is 3.05. The van der Waals surface area contributed by atoms with E-state index in [1.165, 1.54) is 18.2 Å². The summed E-state index contributed by atoms with van der Waals surface area (Å²) < 4.78 is 40.3. The van der Waals surface area contributed by atoms with Crippen LogP contribution < -0.4 is 0 Å². The van der Waals surface area contributed by atoms with Crippen LogP contribution in [0.25, 0.3) is 11.1 Å². The molecular formula is C17H11BrFO4S-. The van der Waals surface area contributed by atoms with Crippen LogP contribution in [-0.4, -0.2) is 21.3 Å². The van der Waals surface area contributed by atoms with Crippen LogP contribution in [0.5, 0.6) is 0 Å². The predicted molar refractivity (Wildman–Crippen MR) is 90.9 cm³/mol. The Morgan fingerprint density at radius 1 is 1.17 bits per heavy atom. The second kappa shape index (κ2) is 6.96. The monoisotopic (exact) mass is 409 g/mol. The molecule has 1 heterocycles. The fourth-order valence-electron chi connectivity index (χ4n) is 2.51. The molecule has 0 amide bonds. The number of carbonyl (C=O) groups is 1. The van der Waals surface area contributed by atoms with Crippen LogP contribution in [0.3, 0.4) is 0 Å². The normalized spacial score (nSPS) is 15.5. The van der Waals surface area contributed by atoms with Crippen molar-refractivity contribution in [3.05, 3.63) is 69.4 Å². The zero-order valence-electron chi connectivity index (χ0n) is 12.3. The summed E-state index contributed by atoms with van der Waals surface area (Å²) in [5, 5.41) is 0. The fraction of sp³-hybridized carbons (Fsp3) is 0.118. The second-order valence-corrected chi connectivity index (χ2v) is 6.95. The highest BCUT2D eigenvalue weighted by atomic mass is 79.9. The average molecular weight is 410 g/mol. The summed E-state index contributed by atoms with van der Waals surface area (Å²) in [5.74, 6) is -0.942. The Kier molecular flexibility index (Phi) is 4.93. The van der Waals surface area contributed by atoms with E-state index in [0.29, 0.717) is 22.3 Å². The first-order chi connectivity index (χ1) is 11.5. The molecule has 0 aromatic heterocycles. The molecule has 0 saturated carbocycles. The van der Waals surface area contributed by atoms with Gasteiger partial charge in [0.15, 0.2) is 0 Å². The Balaban J connectivity index is 2.02. The standard InChI is InChI=1S/C17H12BrFO4S/c18-14-7-12(5-6-15(14)19)16-13(8-23-17(16)20)11-3-1-10(2-4-11)9-24(21)22/h1-7H,8-9H2,(H,21,22)/p-1. The number of halogens is 2. The van der Waals surface area contributed by atoms with Gasteiger partial charge in [0.25, 0.3) is 0 Å². The van der Waals surface area contributed by atoms with Crippen molar-refractivity contribution >= 4 is 44.1 Å². The summed E-state index contributed by atoms with van der Waals surface area (Å²) in [6.45, 7) is 0.121. The van der Waals surface area contributed by atoms with Gasteiger partial charge in [-0.2, -0.15) is 0 Å². The third-order valence-electron chi connectivity index (χ3n) is 3.65. The van der Waals surface area contributed by atoms with Crippen molar-refractivity contribution in [1.82, 2.24) is 0 Å². The number of rotatable bonds is 4. The molecule has 0 saturated heterocycles. The molecule has 0 bridgehead atoms. The van der Waals surface area contributed by atoms with Crippen LogP contribution in [0.15, 0.2) is 46.9 Å². The molecule has 3 rings (SSSR count). The number of cyclic esters (lactones) is 1. The maximum Gasteiger partial charge on any atom is 0.339 e. The van der Waals surface area contributed by atoms with E-state index in [-0.39, 0.29) is 16.8 Å². The van der Waals surface area contributed by atoms with Crippen LogP contribution in [0.2, 0.25) is 0 Å². The first kappa shape index (κ1) is 17.0. The number of hydrogen-bond acceptors (Lipinski definition) is 4. The van der Waals surface area contributed by atoms with Gasteiger partial charge >= 0.3 is 5.97 Å². The Morgan fingerprint density at radius 3 is 2.46 bits per heavy atom. The van der Waals surface area contributed by atoms with Gasteiger partial charge in [0.2, 0.25) is 0 Å². The molecule has 0 radical (unpaired) electrons. The van der Waals surface area contributed by atoms with Crippen LogP contribution in [-0.2, 0) is 26.4 Å². The maximum absolute atomic E-state index is 13.4. The molecule has 0 N–H and O–H groups in total. The first-order valence-corrected chi connectivity index (χ1v) is 9.00. The largest absolute Gasteiger partial charge is 0.772 e. The van der Waals surface area contributed by atoms with Gasteiger partial charge in [-0.1, -0.05) is 41.4 Å². The van der Waals surface area contributed by atoms with Crippen molar-refractivity contribution in [2.75, 3.05) is 6.61 Å². The van der Waals surface area contributed by atoms with Crippen molar-refractivity contribution in [1.29, 1.82) is 0 Å². The molecule has 1 aliphatic heterocycles. The van der Waals surface area contributed by atoms with E-state index in [1.54, 1.807) is 24.3 Å². The predicted octanol–water partition coefficient (Wildman–Crippen LogP) is 3.43. The number of carbonyl (C=O) groups excluding carboxylic acids is 1. The number of benzene rings is 2. The smallest absolute Gasteiger partial charge is 0.339 e. The molecule has 2 aromatic rings. The van der Waals surface area contributed by atoms with Crippen LogP contribution in [0.1, 0.15) is 16.7 Å². The minimum Gasteiger partial charge on any atom is -0.772 e. The van der Waals surface area contributed by atoms with Crippen molar-refractivity contribution in [3.8, 4) is 0 Å².